The van der Waals surface area contributed by atoms with Gasteiger partial charge in [-0.1, -0.05) is 18.2 Å². The van der Waals surface area contributed by atoms with Gasteiger partial charge in [0.1, 0.15) is 5.75 Å². The molecule has 2 aromatic carbocycles. The lowest BCUT2D eigenvalue weighted by Crippen LogP contribution is -2.33. The van der Waals surface area contributed by atoms with Crippen molar-refractivity contribution in [3.63, 3.8) is 0 Å². The van der Waals surface area contributed by atoms with E-state index in [1.807, 2.05) is 44.2 Å². The number of rotatable bonds is 5. The molecule has 2 rings (SSSR count). The second kappa shape index (κ2) is 7.98. The van der Waals surface area contributed by atoms with E-state index in [0.717, 1.165) is 5.69 Å². The van der Waals surface area contributed by atoms with E-state index in [-0.39, 0.29) is 5.91 Å². The summed E-state index contributed by atoms with van der Waals surface area (Å²) in [5, 5.41) is 2.80. The Morgan fingerprint density at radius 3 is 2.13 bits per heavy atom. The van der Waals surface area contributed by atoms with E-state index >= 15 is 0 Å². The van der Waals surface area contributed by atoms with Crippen molar-refractivity contribution in [2.24, 2.45) is 0 Å². The summed E-state index contributed by atoms with van der Waals surface area (Å²) in [6, 6.07) is 15.7. The minimum absolute atomic E-state index is 0.210. The molecule has 0 fully saturated rings. The van der Waals surface area contributed by atoms with E-state index in [0.29, 0.717) is 24.4 Å². The van der Waals surface area contributed by atoms with Crippen LogP contribution in [-0.2, 0) is 0 Å². The summed E-state index contributed by atoms with van der Waals surface area (Å²) in [5.41, 5.74) is 1.23. The summed E-state index contributed by atoms with van der Waals surface area (Å²) in [6.07, 6.45) is -0.392. The average molecular weight is 312 g/mol. The molecule has 23 heavy (non-hydrogen) atoms. The van der Waals surface area contributed by atoms with Crippen molar-refractivity contribution in [3.8, 4) is 5.75 Å². The molecule has 0 saturated carbocycles. The number of hydrogen-bond acceptors (Lipinski definition) is 3. The molecule has 0 aliphatic rings. The summed E-state index contributed by atoms with van der Waals surface area (Å²) in [5.74, 6) is 0.205. The number of para-hydroxylation sites is 1. The van der Waals surface area contributed by atoms with Crippen LogP contribution < -0.4 is 10.1 Å². The van der Waals surface area contributed by atoms with E-state index in [4.69, 9.17) is 4.74 Å². The van der Waals surface area contributed by atoms with Gasteiger partial charge in [0.05, 0.1) is 0 Å². The fraction of sp³-hybridized carbons (Fsp3) is 0.222. The normalized spacial score (nSPS) is 10.0. The SMILES string of the molecule is CCN(CC)C(=O)Oc1ccc(C(=O)Nc2ccccc2)cc1. The summed E-state index contributed by atoms with van der Waals surface area (Å²) in [4.78, 5) is 25.6. The third kappa shape index (κ3) is 4.57. The Kier molecular flexibility index (Phi) is 5.74. The summed E-state index contributed by atoms with van der Waals surface area (Å²) in [7, 11) is 0. The number of nitrogens with one attached hydrogen (secondary N) is 1. The maximum Gasteiger partial charge on any atom is 0.415 e. The maximum absolute atomic E-state index is 12.1. The van der Waals surface area contributed by atoms with E-state index in [2.05, 4.69) is 5.32 Å². The molecule has 2 aromatic rings. The number of ether oxygens (including phenoxy) is 1. The first-order valence-electron chi connectivity index (χ1n) is 7.57. The number of nitrogens with zero attached hydrogens (tertiary/aromatic N) is 1. The van der Waals surface area contributed by atoms with Crippen LogP contribution in [0.5, 0.6) is 5.75 Å². The van der Waals surface area contributed by atoms with Crippen molar-refractivity contribution in [1.82, 2.24) is 4.90 Å². The fourth-order valence-corrected chi connectivity index (χ4v) is 2.05. The largest absolute Gasteiger partial charge is 0.415 e. The predicted octanol–water partition coefficient (Wildman–Crippen LogP) is 3.78. The summed E-state index contributed by atoms with van der Waals surface area (Å²) in [6.45, 7) is 4.96. The molecular formula is C18H20N2O3. The number of amides is 2. The first-order valence-corrected chi connectivity index (χ1v) is 7.57. The molecule has 0 saturated heterocycles. The quantitative estimate of drug-likeness (QED) is 0.914. The van der Waals surface area contributed by atoms with Crippen LogP contribution in [0.15, 0.2) is 54.6 Å². The van der Waals surface area contributed by atoms with Crippen LogP contribution in [0.2, 0.25) is 0 Å². The van der Waals surface area contributed by atoms with Gasteiger partial charge in [0.2, 0.25) is 0 Å². The molecule has 0 aromatic heterocycles. The number of anilines is 1. The van der Waals surface area contributed by atoms with Gasteiger partial charge in [-0.05, 0) is 50.2 Å². The van der Waals surface area contributed by atoms with E-state index in [1.165, 1.54) is 0 Å². The molecule has 120 valence electrons. The van der Waals surface area contributed by atoms with Gasteiger partial charge >= 0.3 is 6.09 Å². The highest BCUT2D eigenvalue weighted by Crippen LogP contribution is 2.15. The standard InChI is InChI=1S/C18H20N2O3/c1-3-20(4-2)18(22)23-16-12-10-14(11-13-16)17(21)19-15-8-6-5-7-9-15/h5-13H,3-4H2,1-2H3,(H,19,21). The van der Waals surface area contributed by atoms with Crippen molar-refractivity contribution in [3.05, 3.63) is 60.2 Å². The van der Waals surface area contributed by atoms with Crippen LogP contribution in [0.25, 0.3) is 0 Å². The van der Waals surface area contributed by atoms with Crippen LogP contribution in [0.1, 0.15) is 24.2 Å². The Labute approximate surface area is 135 Å². The van der Waals surface area contributed by atoms with E-state index in [1.54, 1.807) is 29.2 Å². The zero-order valence-corrected chi connectivity index (χ0v) is 13.3. The van der Waals surface area contributed by atoms with Gasteiger partial charge in [-0.15, -0.1) is 0 Å². The second-order valence-electron chi connectivity index (χ2n) is 4.88. The molecule has 0 aliphatic carbocycles. The zero-order valence-electron chi connectivity index (χ0n) is 13.3. The highest BCUT2D eigenvalue weighted by Gasteiger charge is 2.12. The smallest absolute Gasteiger partial charge is 0.410 e. The lowest BCUT2D eigenvalue weighted by atomic mass is 10.2. The van der Waals surface area contributed by atoms with Crippen molar-refractivity contribution in [2.45, 2.75) is 13.8 Å². The topological polar surface area (TPSA) is 58.6 Å². The zero-order chi connectivity index (χ0) is 16.7. The van der Waals surface area contributed by atoms with Crippen molar-refractivity contribution in [1.29, 1.82) is 0 Å². The van der Waals surface area contributed by atoms with Gasteiger partial charge in [-0.25, -0.2) is 4.79 Å². The summed E-state index contributed by atoms with van der Waals surface area (Å²) < 4.78 is 5.27. The molecule has 5 nitrogen and oxygen atoms in total. The Hall–Kier alpha value is -2.82. The minimum Gasteiger partial charge on any atom is -0.410 e. The average Bonchev–Trinajstić information content (AvgIpc) is 2.57. The molecule has 0 bridgehead atoms. The number of carbonyl (C=O) groups is 2. The number of carbonyl (C=O) groups excluding carboxylic acids is 2. The van der Waals surface area contributed by atoms with Gasteiger partial charge < -0.3 is 15.0 Å². The molecule has 0 unspecified atom stereocenters. The monoisotopic (exact) mass is 312 g/mol. The molecule has 0 radical (unpaired) electrons. The van der Waals surface area contributed by atoms with Crippen LogP contribution in [-0.4, -0.2) is 30.0 Å². The number of hydrogen-bond donors (Lipinski definition) is 1. The molecule has 0 spiro atoms. The van der Waals surface area contributed by atoms with Crippen molar-refractivity contribution in [2.75, 3.05) is 18.4 Å². The first-order chi connectivity index (χ1) is 11.1. The van der Waals surface area contributed by atoms with Crippen LogP contribution >= 0.6 is 0 Å². The van der Waals surface area contributed by atoms with E-state index in [9.17, 15) is 9.59 Å². The highest BCUT2D eigenvalue weighted by atomic mass is 16.6. The molecule has 0 aliphatic heterocycles. The van der Waals surface area contributed by atoms with Gasteiger partial charge in [0, 0.05) is 24.3 Å². The lowest BCUT2D eigenvalue weighted by molar-refractivity contribution is 0.102. The maximum atomic E-state index is 12.1. The summed E-state index contributed by atoms with van der Waals surface area (Å²) >= 11 is 0. The van der Waals surface area contributed by atoms with Gasteiger partial charge in [-0.3, -0.25) is 4.79 Å². The molecule has 1 N–H and O–H groups in total. The fourth-order valence-electron chi connectivity index (χ4n) is 2.05. The van der Waals surface area contributed by atoms with Crippen LogP contribution in [0.3, 0.4) is 0 Å². The van der Waals surface area contributed by atoms with Crippen LogP contribution in [0.4, 0.5) is 10.5 Å². The highest BCUT2D eigenvalue weighted by molar-refractivity contribution is 6.04. The van der Waals surface area contributed by atoms with Crippen LogP contribution in [0, 0.1) is 0 Å². The first kappa shape index (κ1) is 16.5. The molecule has 2 amide bonds. The third-order valence-corrected chi connectivity index (χ3v) is 3.37. The molecule has 0 heterocycles. The van der Waals surface area contributed by atoms with Crippen molar-refractivity contribution >= 4 is 17.7 Å². The third-order valence-electron chi connectivity index (χ3n) is 3.37. The Morgan fingerprint density at radius 1 is 0.957 bits per heavy atom. The van der Waals surface area contributed by atoms with E-state index < -0.39 is 6.09 Å². The second-order valence-corrected chi connectivity index (χ2v) is 4.88. The van der Waals surface area contributed by atoms with Crippen molar-refractivity contribution < 1.29 is 14.3 Å². The Balaban J connectivity index is 1.99. The van der Waals surface area contributed by atoms with Gasteiger partial charge in [0.25, 0.3) is 5.91 Å². The number of benzene rings is 2. The molecular weight excluding hydrogens is 292 g/mol. The predicted molar refractivity (Wildman–Crippen MR) is 89.8 cm³/mol. The van der Waals surface area contributed by atoms with Gasteiger partial charge in [-0.2, -0.15) is 0 Å². The Bertz CT molecular complexity index is 650. The molecule has 5 heteroatoms. The van der Waals surface area contributed by atoms with Gasteiger partial charge in [0.15, 0.2) is 0 Å². The lowest BCUT2D eigenvalue weighted by Gasteiger charge is -2.17. The Morgan fingerprint density at radius 2 is 1.57 bits per heavy atom. The minimum atomic E-state index is -0.392. The molecule has 0 atom stereocenters.